The van der Waals surface area contributed by atoms with E-state index in [-0.39, 0.29) is 12.0 Å². The van der Waals surface area contributed by atoms with Crippen molar-refractivity contribution >= 4 is 0 Å². The molecule has 2 saturated heterocycles. The van der Waals surface area contributed by atoms with Crippen LogP contribution in [0.2, 0.25) is 0 Å². The second kappa shape index (κ2) is 5.45. The topological polar surface area (TPSA) is 52.9 Å². The first-order chi connectivity index (χ1) is 7.79. The average Bonchev–Trinajstić information content (AvgIpc) is 2.68. The summed E-state index contributed by atoms with van der Waals surface area (Å²) in [5.41, 5.74) is 0.00179. The van der Waals surface area contributed by atoms with E-state index in [2.05, 4.69) is 4.90 Å². The molecule has 2 aliphatic heterocycles. The summed E-state index contributed by atoms with van der Waals surface area (Å²) in [7, 11) is 0. The lowest BCUT2D eigenvalue weighted by molar-refractivity contribution is -0.149. The van der Waals surface area contributed by atoms with Crippen LogP contribution in [0.3, 0.4) is 0 Å². The minimum atomic E-state index is 0.00179. The van der Waals surface area contributed by atoms with Gasteiger partial charge in [0.1, 0.15) is 0 Å². The SMILES string of the molecule is OCCCC1CCCN1CC1(CO)COC1. The maximum absolute atomic E-state index is 9.41. The Bertz CT molecular complexity index is 213. The molecule has 1 unspecified atom stereocenters. The Kier molecular flexibility index (Phi) is 4.19. The summed E-state index contributed by atoms with van der Waals surface area (Å²) < 4.78 is 5.23. The van der Waals surface area contributed by atoms with Gasteiger partial charge in [0.15, 0.2) is 0 Å². The van der Waals surface area contributed by atoms with E-state index in [1.165, 1.54) is 12.8 Å². The maximum Gasteiger partial charge on any atom is 0.0579 e. The van der Waals surface area contributed by atoms with Crippen molar-refractivity contribution in [1.29, 1.82) is 0 Å². The van der Waals surface area contributed by atoms with Crippen molar-refractivity contribution in [2.24, 2.45) is 5.41 Å². The highest BCUT2D eigenvalue weighted by molar-refractivity contribution is 4.91. The van der Waals surface area contributed by atoms with Crippen LogP contribution in [0.15, 0.2) is 0 Å². The van der Waals surface area contributed by atoms with Gasteiger partial charge in [0, 0.05) is 19.2 Å². The highest BCUT2D eigenvalue weighted by Gasteiger charge is 2.41. The summed E-state index contributed by atoms with van der Waals surface area (Å²) in [5, 5.41) is 18.3. The van der Waals surface area contributed by atoms with Crippen LogP contribution in [0.5, 0.6) is 0 Å². The summed E-state index contributed by atoms with van der Waals surface area (Å²) in [6.07, 6.45) is 4.46. The van der Waals surface area contributed by atoms with E-state index in [4.69, 9.17) is 9.84 Å². The monoisotopic (exact) mass is 229 g/mol. The Balaban J connectivity index is 1.83. The Morgan fingerprint density at radius 1 is 1.31 bits per heavy atom. The number of rotatable bonds is 6. The van der Waals surface area contributed by atoms with Crippen molar-refractivity contribution in [3.8, 4) is 0 Å². The van der Waals surface area contributed by atoms with Crippen LogP contribution in [-0.2, 0) is 4.74 Å². The highest BCUT2D eigenvalue weighted by atomic mass is 16.5. The van der Waals surface area contributed by atoms with Crippen molar-refractivity contribution in [2.75, 3.05) is 39.5 Å². The fraction of sp³-hybridized carbons (Fsp3) is 1.00. The molecule has 0 aliphatic carbocycles. The number of nitrogens with zero attached hydrogens (tertiary/aromatic N) is 1. The predicted molar refractivity (Wildman–Crippen MR) is 61.3 cm³/mol. The quantitative estimate of drug-likeness (QED) is 0.685. The van der Waals surface area contributed by atoms with Gasteiger partial charge in [-0.3, -0.25) is 4.90 Å². The van der Waals surface area contributed by atoms with Crippen LogP contribution in [0, 0.1) is 5.41 Å². The molecular formula is C12H23NO3. The lowest BCUT2D eigenvalue weighted by Gasteiger charge is -2.43. The molecule has 0 spiro atoms. The third-order valence-electron chi connectivity index (χ3n) is 3.88. The summed E-state index contributed by atoms with van der Waals surface area (Å²) >= 11 is 0. The molecule has 16 heavy (non-hydrogen) atoms. The normalized spacial score (nSPS) is 29.2. The Hall–Kier alpha value is -0.160. The van der Waals surface area contributed by atoms with Gasteiger partial charge in [0.25, 0.3) is 0 Å². The molecule has 0 aromatic carbocycles. The molecule has 0 radical (unpaired) electrons. The Morgan fingerprint density at radius 2 is 2.12 bits per heavy atom. The molecule has 2 aliphatic rings. The molecule has 0 aromatic rings. The summed E-state index contributed by atoms with van der Waals surface area (Å²) in [5.74, 6) is 0. The number of ether oxygens (including phenoxy) is 1. The van der Waals surface area contributed by atoms with Gasteiger partial charge in [0.2, 0.25) is 0 Å². The summed E-state index contributed by atoms with van der Waals surface area (Å²) in [6, 6.07) is 0.608. The fourth-order valence-electron chi connectivity index (χ4n) is 2.81. The smallest absolute Gasteiger partial charge is 0.0579 e. The molecule has 2 N–H and O–H groups in total. The minimum absolute atomic E-state index is 0.00179. The van der Waals surface area contributed by atoms with E-state index in [1.54, 1.807) is 0 Å². The third kappa shape index (κ3) is 2.56. The van der Waals surface area contributed by atoms with Crippen LogP contribution in [0.25, 0.3) is 0 Å². The van der Waals surface area contributed by atoms with Gasteiger partial charge in [-0.05, 0) is 32.2 Å². The average molecular weight is 229 g/mol. The van der Waals surface area contributed by atoms with E-state index >= 15 is 0 Å². The van der Waals surface area contributed by atoms with E-state index in [0.29, 0.717) is 25.9 Å². The molecule has 2 fully saturated rings. The Morgan fingerprint density at radius 3 is 2.69 bits per heavy atom. The highest BCUT2D eigenvalue weighted by Crippen LogP contribution is 2.32. The van der Waals surface area contributed by atoms with E-state index in [0.717, 1.165) is 25.9 Å². The van der Waals surface area contributed by atoms with Crippen LogP contribution >= 0.6 is 0 Å². The van der Waals surface area contributed by atoms with Crippen LogP contribution in [0.4, 0.5) is 0 Å². The van der Waals surface area contributed by atoms with E-state index < -0.39 is 0 Å². The van der Waals surface area contributed by atoms with E-state index in [1.807, 2.05) is 0 Å². The first kappa shape index (κ1) is 12.3. The van der Waals surface area contributed by atoms with Crippen LogP contribution < -0.4 is 0 Å². The van der Waals surface area contributed by atoms with Crippen molar-refractivity contribution in [2.45, 2.75) is 31.7 Å². The predicted octanol–water partition coefficient (Wildman–Crippen LogP) is 0.232. The second-order valence-corrected chi connectivity index (χ2v) is 5.28. The molecule has 0 amide bonds. The largest absolute Gasteiger partial charge is 0.396 e. The number of hydrogen-bond acceptors (Lipinski definition) is 4. The summed E-state index contributed by atoms with van der Waals surface area (Å²) in [4.78, 5) is 2.48. The molecule has 0 saturated carbocycles. The van der Waals surface area contributed by atoms with Gasteiger partial charge >= 0.3 is 0 Å². The van der Waals surface area contributed by atoms with Crippen molar-refractivity contribution in [3.05, 3.63) is 0 Å². The van der Waals surface area contributed by atoms with E-state index in [9.17, 15) is 5.11 Å². The maximum atomic E-state index is 9.41. The molecule has 1 atom stereocenters. The zero-order valence-corrected chi connectivity index (χ0v) is 9.90. The van der Waals surface area contributed by atoms with Crippen LogP contribution in [-0.4, -0.2) is 60.7 Å². The van der Waals surface area contributed by atoms with Gasteiger partial charge in [-0.25, -0.2) is 0 Å². The molecular weight excluding hydrogens is 206 g/mol. The van der Waals surface area contributed by atoms with Gasteiger partial charge in [-0.15, -0.1) is 0 Å². The molecule has 2 rings (SSSR count). The first-order valence-corrected chi connectivity index (χ1v) is 6.33. The fourth-order valence-corrected chi connectivity index (χ4v) is 2.81. The molecule has 0 aromatic heterocycles. The third-order valence-corrected chi connectivity index (χ3v) is 3.88. The van der Waals surface area contributed by atoms with Gasteiger partial charge in [-0.1, -0.05) is 0 Å². The summed E-state index contributed by atoms with van der Waals surface area (Å²) in [6.45, 7) is 4.02. The van der Waals surface area contributed by atoms with Gasteiger partial charge in [0.05, 0.1) is 25.2 Å². The zero-order chi connectivity index (χ0) is 11.4. The van der Waals surface area contributed by atoms with Crippen molar-refractivity contribution < 1.29 is 14.9 Å². The zero-order valence-electron chi connectivity index (χ0n) is 9.90. The lowest BCUT2D eigenvalue weighted by Crippen LogP contribution is -2.54. The van der Waals surface area contributed by atoms with Crippen molar-refractivity contribution in [3.63, 3.8) is 0 Å². The van der Waals surface area contributed by atoms with Gasteiger partial charge in [-0.2, -0.15) is 0 Å². The van der Waals surface area contributed by atoms with Crippen LogP contribution in [0.1, 0.15) is 25.7 Å². The van der Waals surface area contributed by atoms with Gasteiger partial charge < -0.3 is 14.9 Å². The second-order valence-electron chi connectivity index (χ2n) is 5.28. The number of hydrogen-bond donors (Lipinski definition) is 2. The number of aliphatic hydroxyl groups is 2. The molecule has 4 heteroatoms. The van der Waals surface area contributed by atoms with Crippen molar-refractivity contribution in [1.82, 2.24) is 4.90 Å². The minimum Gasteiger partial charge on any atom is -0.396 e. The standard InChI is InChI=1S/C12H23NO3/c14-6-2-4-11-3-1-5-13(11)7-12(8-15)9-16-10-12/h11,14-15H,1-10H2. The lowest BCUT2D eigenvalue weighted by atomic mass is 9.86. The number of likely N-dealkylation sites (tertiary alicyclic amines) is 1. The number of aliphatic hydroxyl groups excluding tert-OH is 2. The first-order valence-electron chi connectivity index (χ1n) is 6.33. The molecule has 2 heterocycles. The molecule has 0 bridgehead atoms. The molecule has 4 nitrogen and oxygen atoms in total. The molecule has 94 valence electrons. The Labute approximate surface area is 97.2 Å².